The first kappa shape index (κ1) is 29.0. The summed E-state index contributed by atoms with van der Waals surface area (Å²) < 4.78 is 24.8. The number of esters is 1. The third-order valence-electron chi connectivity index (χ3n) is 6.61. The van der Waals surface area contributed by atoms with Gasteiger partial charge in [-0.05, 0) is 50.4 Å². The molecule has 0 aliphatic carbocycles. The molecule has 196 valence electrons. The van der Waals surface area contributed by atoms with Gasteiger partial charge in [0.25, 0.3) is 5.54 Å². The number of ether oxygens (including phenoxy) is 3. The quantitative estimate of drug-likeness (QED) is 0.306. The van der Waals surface area contributed by atoms with Gasteiger partial charge in [0, 0.05) is 0 Å². The SMILES string of the molecule is CCOC(=O)[C@]1([C@H](O[Si](C)(C)C(C)(C)C)c2ccccc2)N=C(OCC)[C@H](C(C)C)N=C1OCC. The van der Waals surface area contributed by atoms with Crippen LogP contribution in [0.2, 0.25) is 18.1 Å². The van der Waals surface area contributed by atoms with Crippen LogP contribution in [0.5, 0.6) is 0 Å². The van der Waals surface area contributed by atoms with Crippen molar-refractivity contribution in [1.82, 2.24) is 0 Å². The van der Waals surface area contributed by atoms with E-state index in [4.69, 9.17) is 28.6 Å². The number of hydrogen-bond donors (Lipinski definition) is 0. The zero-order chi connectivity index (χ0) is 26.4. The maximum Gasteiger partial charge on any atom is 0.347 e. The van der Waals surface area contributed by atoms with Gasteiger partial charge >= 0.3 is 5.97 Å². The lowest BCUT2D eigenvalue weighted by molar-refractivity contribution is -0.151. The first-order valence-corrected chi connectivity index (χ1v) is 15.6. The molecule has 0 bridgehead atoms. The van der Waals surface area contributed by atoms with E-state index in [9.17, 15) is 4.79 Å². The molecule has 2 rings (SSSR count). The van der Waals surface area contributed by atoms with Crippen LogP contribution < -0.4 is 0 Å². The first-order valence-electron chi connectivity index (χ1n) is 12.7. The summed E-state index contributed by atoms with van der Waals surface area (Å²) in [5.74, 6) is 0.151. The minimum atomic E-state index is -2.41. The van der Waals surface area contributed by atoms with Crippen molar-refractivity contribution in [2.75, 3.05) is 19.8 Å². The van der Waals surface area contributed by atoms with Crippen LogP contribution in [0.3, 0.4) is 0 Å². The van der Waals surface area contributed by atoms with E-state index in [1.165, 1.54) is 0 Å². The second-order valence-corrected chi connectivity index (χ2v) is 15.4. The van der Waals surface area contributed by atoms with E-state index in [1.54, 1.807) is 6.92 Å². The molecule has 3 atom stereocenters. The zero-order valence-corrected chi connectivity index (χ0v) is 24.2. The molecule has 35 heavy (non-hydrogen) atoms. The number of nitrogens with zero attached hydrogens (tertiary/aromatic N) is 2. The second kappa shape index (κ2) is 11.7. The Morgan fingerprint density at radius 2 is 1.63 bits per heavy atom. The summed E-state index contributed by atoms with van der Waals surface area (Å²) in [7, 11) is -2.41. The molecule has 0 saturated carbocycles. The Balaban J connectivity index is 2.92. The fraction of sp³-hybridized carbons (Fsp3) is 0.667. The average Bonchev–Trinajstić information content (AvgIpc) is 2.78. The van der Waals surface area contributed by atoms with Gasteiger partial charge < -0.3 is 18.6 Å². The predicted molar refractivity (Wildman–Crippen MR) is 144 cm³/mol. The molecule has 0 fully saturated rings. The monoisotopic (exact) mass is 504 g/mol. The fourth-order valence-corrected chi connectivity index (χ4v) is 4.95. The third kappa shape index (κ3) is 6.15. The number of aliphatic imine (C=N–C) groups is 2. The molecule has 1 aliphatic heterocycles. The Labute approximate surface area is 212 Å². The molecular weight excluding hydrogens is 460 g/mol. The van der Waals surface area contributed by atoms with Crippen molar-refractivity contribution in [3.63, 3.8) is 0 Å². The van der Waals surface area contributed by atoms with Gasteiger partial charge in [-0.3, -0.25) is 0 Å². The van der Waals surface area contributed by atoms with Crippen LogP contribution in [0.15, 0.2) is 40.3 Å². The van der Waals surface area contributed by atoms with Crippen molar-refractivity contribution in [2.24, 2.45) is 15.9 Å². The van der Waals surface area contributed by atoms with Crippen molar-refractivity contribution in [2.45, 2.75) is 91.2 Å². The molecule has 0 radical (unpaired) electrons. The summed E-state index contributed by atoms with van der Waals surface area (Å²) in [6, 6.07) is 9.33. The highest BCUT2D eigenvalue weighted by Crippen LogP contribution is 2.46. The number of rotatable bonds is 9. The number of carbonyl (C=O) groups is 1. The van der Waals surface area contributed by atoms with Gasteiger partial charge in [-0.2, -0.15) is 0 Å². The van der Waals surface area contributed by atoms with Gasteiger partial charge in [-0.25, -0.2) is 14.8 Å². The van der Waals surface area contributed by atoms with Crippen LogP contribution in [0, 0.1) is 5.92 Å². The van der Waals surface area contributed by atoms with Gasteiger partial charge in [-0.15, -0.1) is 0 Å². The number of hydrogen-bond acceptors (Lipinski definition) is 7. The maximum atomic E-state index is 14.0. The summed E-state index contributed by atoms with van der Waals surface area (Å²) in [6.07, 6.45) is -0.808. The van der Waals surface area contributed by atoms with E-state index in [0.717, 1.165) is 5.56 Å². The van der Waals surface area contributed by atoms with Gasteiger partial charge in [-0.1, -0.05) is 65.0 Å². The van der Waals surface area contributed by atoms with E-state index in [-0.39, 0.29) is 29.5 Å². The van der Waals surface area contributed by atoms with Crippen molar-refractivity contribution in [1.29, 1.82) is 0 Å². The minimum Gasteiger partial charge on any atom is -0.480 e. The summed E-state index contributed by atoms with van der Waals surface area (Å²) in [4.78, 5) is 23.9. The van der Waals surface area contributed by atoms with Crippen LogP contribution in [-0.4, -0.2) is 57.5 Å². The summed E-state index contributed by atoms with van der Waals surface area (Å²) in [5, 5.41) is -0.111. The topological polar surface area (TPSA) is 78.7 Å². The lowest BCUT2D eigenvalue weighted by Gasteiger charge is -2.45. The highest BCUT2D eigenvalue weighted by Gasteiger charge is 2.60. The Morgan fingerprint density at radius 3 is 2.11 bits per heavy atom. The molecule has 1 aromatic rings. The molecule has 0 N–H and O–H groups in total. The highest BCUT2D eigenvalue weighted by molar-refractivity contribution is 6.74. The molecule has 1 aliphatic rings. The van der Waals surface area contributed by atoms with Crippen LogP contribution in [-0.2, 0) is 23.4 Å². The smallest absolute Gasteiger partial charge is 0.347 e. The van der Waals surface area contributed by atoms with Gasteiger partial charge in [0.1, 0.15) is 12.1 Å². The maximum absolute atomic E-state index is 14.0. The van der Waals surface area contributed by atoms with E-state index < -0.39 is 25.9 Å². The van der Waals surface area contributed by atoms with Crippen molar-refractivity contribution >= 4 is 26.1 Å². The molecule has 0 unspecified atom stereocenters. The first-order chi connectivity index (χ1) is 16.4. The molecular formula is C27H44N2O5Si. The van der Waals surface area contributed by atoms with Crippen LogP contribution in [0.1, 0.15) is 67.1 Å². The van der Waals surface area contributed by atoms with Gasteiger partial charge in [0.2, 0.25) is 11.8 Å². The number of carbonyl (C=O) groups excluding carboxylic acids is 1. The Morgan fingerprint density at radius 1 is 1.03 bits per heavy atom. The standard InChI is InChI=1S/C27H44N2O5Si/c1-11-31-23-21(19(4)5)28-24(32-12-2)27(29-23,25(30)33-13-3)22(20-17-15-14-16-18-20)34-35(9,10)26(6,7)8/h14-19,21-22H,11-13H2,1-10H3/t21-,22+,27+/m0/s1. The second-order valence-electron chi connectivity index (χ2n) is 10.6. The average molecular weight is 505 g/mol. The molecule has 1 aromatic carbocycles. The molecule has 8 heteroatoms. The molecule has 0 saturated heterocycles. The van der Waals surface area contributed by atoms with E-state index in [0.29, 0.717) is 19.1 Å². The largest absolute Gasteiger partial charge is 0.480 e. The van der Waals surface area contributed by atoms with Gasteiger partial charge in [0.05, 0.1) is 19.8 Å². The predicted octanol–water partition coefficient (Wildman–Crippen LogP) is 5.96. The molecule has 1 heterocycles. The van der Waals surface area contributed by atoms with E-state index in [2.05, 4.69) is 33.9 Å². The summed E-state index contributed by atoms with van der Waals surface area (Å²) in [5.41, 5.74) is -0.862. The van der Waals surface area contributed by atoms with Gasteiger partial charge in [0.15, 0.2) is 8.32 Å². The lowest BCUT2D eigenvalue weighted by Crippen LogP contribution is -2.59. The van der Waals surface area contributed by atoms with Crippen LogP contribution >= 0.6 is 0 Å². The Hall–Kier alpha value is -2.19. The van der Waals surface area contributed by atoms with E-state index in [1.807, 2.05) is 58.0 Å². The molecule has 0 spiro atoms. The Kier molecular flexibility index (Phi) is 9.70. The molecule has 0 aromatic heterocycles. The third-order valence-corrected chi connectivity index (χ3v) is 11.1. The van der Waals surface area contributed by atoms with Crippen molar-refractivity contribution in [3.05, 3.63) is 35.9 Å². The van der Waals surface area contributed by atoms with Crippen molar-refractivity contribution in [3.8, 4) is 0 Å². The number of benzene rings is 1. The van der Waals surface area contributed by atoms with Crippen LogP contribution in [0.25, 0.3) is 0 Å². The summed E-state index contributed by atoms with van der Waals surface area (Å²) in [6.45, 7) is 21.4. The van der Waals surface area contributed by atoms with Crippen molar-refractivity contribution < 1.29 is 23.4 Å². The molecule has 7 nitrogen and oxygen atoms in total. The molecule has 0 amide bonds. The zero-order valence-electron chi connectivity index (χ0n) is 23.2. The fourth-order valence-electron chi connectivity index (χ4n) is 3.70. The lowest BCUT2D eigenvalue weighted by atomic mass is 9.85. The minimum absolute atomic E-state index is 0.0902. The van der Waals surface area contributed by atoms with E-state index >= 15 is 0 Å². The van der Waals surface area contributed by atoms with Crippen LogP contribution in [0.4, 0.5) is 0 Å². The summed E-state index contributed by atoms with van der Waals surface area (Å²) >= 11 is 0. The highest BCUT2D eigenvalue weighted by atomic mass is 28.4. The Bertz CT molecular complexity index is 908. The normalized spacial score (nSPS) is 21.7.